The third kappa shape index (κ3) is 3.82. The third-order valence-corrected chi connectivity index (χ3v) is 4.80. The summed E-state index contributed by atoms with van der Waals surface area (Å²) in [6.45, 7) is -0.466. The van der Waals surface area contributed by atoms with Gasteiger partial charge in [-0.25, -0.2) is 0 Å². The van der Waals surface area contributed by atoms with Gasteiger partial charge in [0.2, 0.25) is 0 Å². The van der Waals surface area contributed by atoms with E-state index in [4.69, 9.17) is 4.74 Å². The molecule has 0 saturated heterocycles. The van der Waals surface area contributed by atoms with Crippen LogP contribution in [0.5, 0.6) is 0 Å². The minimum atomic E-state index is -0.690. The van der Waals surface area contributed by atoms with Gasteiger partial charge < -0.3 is 4.74 Å². The van der Waals surface area contributed by atoms with Gasteiger partial charge in [0, 0.05) is 5.56 Å². The monoisotopic (exact) mass is 351 g/mol. The van der Waals surface area contributed by atoms with Crippen LogP contribution in [-0.4, -0.2) is 24.4 Å². The van der Waals surface area contributed by atoms with Gasteiger partial charge in [-0.15, -0.1) is 0 Å². The van der Waals surface area contributed by atoms with E-state index in [1.54, 1.807) is 30.3 Å². The average Bonchev–Trinajstić information content (AvgIpc) is 3.18. The van der Waals surface area contributed by atoms with E-state index in [0.29, 0.717) is 18.4 Å². The van der Waals surface area contributed by atoms with Gasteiger partial charge in [0.25, 0.3) is 11.8 Å². The molecule has 0 radical (unpaired) electrons. The van der Waals surface area contributed by atoms with Gasteiger partial charge >= 0.3 is 5.97 Å². The summed E-state index contributed by atoms with van der Waals surface area (Å²) in [5.41, 5.74) is 0.609. The molecule has 1 saturated carbocycles. The van der Waals surface area contributed by atoms with Crippen molar-refractivity contribution in [1.82, 2.24) is 5.32 Å². The Hall–Kier alpha value is -2.95. The van der Waals surface area contributed by atoms with Crippen LogP contribution in [0.3, 0.4) is 0 Å². The number of imide groups is 1. The lowest BCUT2D eigenvalue weighted by atomic mass is 9.79. The lowest BCUT2D eigenvalue weighted by Crippen LogP contribution is -2.39. The number of hydrogen-bond donors (Lipinski definition) is 1. The van der Waals surface area contributed by atoms with Gasteiger partial charge in [0.05, 0.1) is 5.41 Å². The second kappa shape index (κ2) is 7.95. The summed E-state index contributed by atoms with van der Waals surface area (Å²) in [5.74, 6) is -1.54. The molecule has 2 aromatic carbocycles. The molecule has 2 aromatic rings. The molecule has 1 fully saturated rings. The molecule has 0 aromatic heterocycles. The number of benzene rings is 2. The molecule has 0 atom stereocenters. The molecule has 3 rings (SSSR count). The highest BCUT2D eigenvalue weighted by atomic mass is 16.5. The summed E-state index contributed by atoms with van der Waals surface area (Å²) in [4.78, 5) is 36.7. The van der Waals surface area contributed by atoms with E-state index in [2.05, 4.69) is 5.32 Å². The van der Waals surface area contributed by atoms with E-state index in [-0.39, 0.29) is 0 Å². The minimum absolute atomic E-state index is 0.378. The predicted octanol–water partition coefficient (Wildman–Crippen LogP) is 3.00. The van der Waals surface area contributed by atoms with Gasteiger partial charge in [-0.05, 0) is 30.5 Å². The van der Waals surface area contributed by atoms with Crippen LogP contribution >= 0.6 is 0 Å². The van der Waals surface area contributed by atoms with Crippen molar-refractivity contribution < 1.29 is 19.1 Å². The number of ether oxygens (including phenoxy) is 1. The number of carbonyl (C=O) groups is 3. The standard InChI is InChI=1S/C21H21NO4/c23-18(22-19(24)16-9-3-1-4-10-16)15-26-20(25)21(13-7-8-14-21)17-11-5-2-6-12-17/h1-6,9-12H,7-8,13-15H2,(H,22,23,24). The van der Waals surface area contributed by atoms with Crippen molar-refractivity contribution in [3.63, 3.8) is 0 Å². The average molecular weight is 351 g/mol. The van der Waals surface area contributed by atoms with Crippen LogP contribution in [0.15, 0.2) is 60.7 Å². The highest BCUT2D eigenvalue weighted by Crippen LogP contribution is 2.42. The van der Waals surface area contributed by atoms with Crippen LogP contribution in [0.1, 0.15) is 41.6 Å². The topological polar surface area (TPSA) is 72.5 Å². The predicted molar refractivity (Wildman–Crippen MR) is 96.5 cm³/mol. The first-order valence-electron chi connectivity index (χ1n) is 8.74. The van der Waals surface area contributed by atoms with Crippen LogP contribution in [0.2, 0.25) is 0 Å². The molecule has 1 aliphatic rings. The van der Waals surface area contributed by atoms with Crippen molar-refractivity contribution >= 4 is 17.8 Å². The van der Waals surface area contributed by atoms with Gasteiger partial charge in [0.1, 0.15) is 0 Å². The van der Waals surface area contributed by atoms with Crippen molar-refractivity contribution in [2.24, 2.45) is 0 Å². The van der Waals surface area contributed by atoms with E-state index in [1.807, 2.05) is 30.3 Å². The van der Waals surface area contributed by atoms with Crippen molar-refractivity contribution in [2.75, 3.05) is 6.61 Å². The number of carbonyl (C=O) groups excluding carboxylic acids is 3. The third-order valence-electron chi connectivity index (χ3n) is 4.80. The van der Waals surface area contributed by atoms with Crippen LogP contribution in [0.4, 0.5) is 0 Å². The molecule has 2 amide bonds. The van der Waals surface area contributed by atoms with Gasteiger partial charge in [0.15, 0.2) is 6.61 Å². The van der Waals surface area contributed by atoms with E-state index in [9.17, 15) is 14.4 Å². The summed E-state index contributed by atoms with van der Waals surface area (Å²) in [6, 6.07) is 18.0. The molecule has 0 unspecified atom stereocenters. The molecule has 1 aliphatic carbocycles. The van der Waals surface area contributed by atoms with Gasteiger partial charge in [-0.2, -0.15) is 0 Å². The fraction of sp³-hybridized carbons (Fsp3) is 0.286. The molecular weight excluding hydrogens is 330 g/mol. The maximum atomic E-state index is 12.7. The molecule has 0 bridgehead atoms. The Bertz CT molecular complexity index is 780. The molecule has 26 heavy (non-hydrogen) atoms. The number of hydrogen-bond acceptors (Lipinski definition) is 4. The van der Waals surface area contributed by atoms with Crippen molar-refractivity contribution in [2.45, 2.75) is 31.1 Å². The lowest BCUT2D eigenvalue weighted by molar-refractivity contribution is -0.154. The summed E-state index contributed by atoms with van der Waals surface area (Å²) in [5, 5.41) is 2.24. The largest absolute Gasteiger partial charge is 0.455 e. The van der Waals surface area contributed by atoms with Crippen LogP contribution < -0.4 is 5.32 Å². The highest BCUT2D eigenvalue weighted by Gasteiger charge is 2.44. The molecule has 5 nitrogen and oxygen atoms in total. The van der Waals surface area contributed by atoms with Crippen LogP contribution in [0, 0.1) is 0 Å². The maximum Gasteiger partial charge on any atom is 0.317 e. The summed E-state index contributed by atoms with van der Waals surface area (Å²) in [6.07, 6.45) is 3.31. The van der Waals surface area contributed by atoms with E-state index in [0.717, 1.165) is 18.4 Å². The van der Waals surface area contributed by atoms with E-state index in [1.165, 1.54) is 0 Å². The second-order valence-corrected chi connectivity index (χ2v) is 6.47. The van der Waals surface area contributed by atoms with E-state index >= 15 is 0 Å². The lowest BCUT2D eigenvalue weighted by Gasteiger charge is -2.27. The zero-order chi connectivity index (χ0) is 18.4. The first-order chi connectivity index (χ1) is 12.6. The Morgan fingerprint density at radius 1 is 0.885 bits per heavy atom. The van der Waals surface area contributed by atoms with Crippen molar-refractivity contribution in [3.05, 3.63) is 71.8 Å². The Morgan fingerprint density at radius 2 is 1.46 bits per heavy atom. The molecule has 5 heteroatoms. The molecule has 1 N–H and O–H groups in total. The number of amides is 2. The highest BCUT2D eigenvalue weighted by molar-refractivity contribution is 6.05. The van der Waals surface area contributed by atoms with Crippen LogP contribution in [0.25, 0.3) is 0 Å². The quantitative estimate of drug-likeness (QED) is 0.841. The SMILES string of the molecule is O=C(COC(=O)C1(c2ccccc2)CCCC1)NC(=O)c1ccccc1. The molecule has 0 spiro atoms. The maximum absolute atomic E-state index is 12.7. The van der Waals surface area contributed by atoms with E-state index < -0.39 is 29.8 Å². The molecular formula is C21H21NO4. The Labute approximate surface area is 152 Å². The summed E-state index contributed by atoms with van der Waals surface area (Å²) >= 11 is 0. The fourth-order valence-electron chi connectivity index (χ4n) is 3.44. The molecule has 0 heterocycles. The van der Waals surface area contributed by atoms with Gasteiger partial charge in [-0.1, -0.05) is 61.4 Å². The zero-order valence-electron chi connectivity index (χ0n) is 14.4. The second-order valence-electron chi connectivity index (χ2n) is 6.47. The number of rotatable bonds is 5. The fourth-order valence-corrected chi connectivity index (χ4v) is 3.44. The van der Waals surface area contributed by atoms with Crippen LogP contribution in [-0.2, 0) is 19.7 Å². The van der Waals surface area contributed by atoms with Gasteiger partial charge in [-0.3, -0.25) is 19.7 Å². The number of esters is 1. The normalized spacial score (nSPS) is 15.2. The smallest absolute Gasteiger partial charge is 0.317 e. The molecule has 0 aliphatic heterocycles. The first-order valence-corrected chi connectivity index (χ1v) is 8.74. The Balaban J connectivity index is 1.60. The van der Waals surface area contributed by atoms with Crippen molar-refractivity contribution in [3.8, 4) is 0 Å². The number of nitrogens with one attached hydrogen (secondary N) is 1. The van der Waals surface area contributed by atoms with Crippen molar-refractivity contribution in [1.29, 1.82) is 0 Å². The Kier molecular flexibility index (Phi) is 5.46. The Morgan fingerprint density at radius 3 is 2.08 bits per heavy atom. The molecule has 134 valence electrons. The first kappa shape index (κ1) is 17.9. The minimum Gasteiger partial charge on any atom is -0.455 e. The summed E-state index contributed by atoms with van der Waals surface area (Å²) < 4.78 is 5.28. The summed E-state index contributed by atoms with van der Waals surface area (Å²) in [7, 11) is 0. The zero-order valence-corrected chi connectivity index (χ0v) is 14.4.